The second kappa shape index (κ2) is 10.2. The average Bonchev–Trinajstić information content (AvgIpc) is 3.28. The second-order valence-electron chi connectivity index (χ2n) is 10.6. The highest BCUT2D eigenvalue weighted by Crippen LogP contribution is 2.44. The third-order valence-electron chi connectivity index (χ3n) is 6.65. The van der Waals surface area contributed by atoms with Crippen LogP contribution in [0.4, 0.5) is 0 Å². The molecule has 1 heterocycles. The first-order chi connectivity index (χ1) is 16.7. The third kappa shape index (κ3) is 5.75. The number of benzene rings is 2. The topological polar surface area (TPSA) is 81.5 Å². The highest BCUT2D eigenvalue weighted by Gasteiger charge is 2.38. The van der Waals surface area contributed by atoms with Crippen molar-refractivity contribution in [3.8, 4) is 11.6 Å². The van der Waals surface area contributed by atoms with Crippen LogP contribution in [0.1, 0.15) is 88.1 Å². The molecule has 1 N–H and O–H groups in total. The van der Waals surface area contributed by atoms with Crippen LogP contribution >= 0.6 is 0 Å². The molecule has 1 saturated carbocycles. The Labute approximate surface area is 207 Å². The monoisotopic (exact) mass is 476 g/mol. The molecule has 0 atom stereocenters. The molecule has 1 aliphatic carbocycles. The number of fused-ring (bicyclic) bond motifs is 1. The third-order valence-corrected chi connectivity index (χ3v) is 6.65. The van der Waals surface area contributed by atoms with Crippen LogP contribution in [0.25, 0.3) is 10.8 Å². The Kier molecular flexibility index (Phi) is 7.29. The van der Waals surface area contributed by atoms with Gasteiger partial charge in [-0.3, -0.25) is 0 Å². The maximum Gasteiger partial charge on any atom is 0.361 e. The van der Waals surface area contributed by atoms with E-state index in [-0.39, 0.29) is 22.7 Å². The number of carbonyl (C=O) groups is 1. The Morgan fingerprint density at radius 1 is 1.06 bits per heavy atom. The first-order valence-electron chi connectivity index (χ1n) is 12.7. The Balaban J connectivity index is 1.72. The molecular formula is C29H36N2O4. The number of aromatic nitrogens is 2. The quantitative estimate of drug-likeness (QED) is 0.294. The number of rotatable bonds is 8. The molecule has 186 valence electrons. The van der Waals surface area contributed by atoms with Crippen molar-refractivity contribution in [2.45, 2.75) is 83.7 Å². The summed E-state index contributed by atoms with van der Waals surface area (Å²) in [5, 5.41) is 13.2. The van der Waals surface area contributed by atoms with Crippen LogP contribution in [0.3, 0.4) is 0 Å². The van der Waals surface area contributed by atoms with Crippen LogP contribution < -0.4 is 4.74 Å². The van der Waals surface area contributed by atoms with Crippen LogP contribution in [0, 0.1) is 0 Å². The zero-order valence-electron chi connectivity index (χ0n) is 21.3. The second-order valence-corrected chi connectivity index (χ2v) is 10.6. The van der Waals surface area contributed by atoms with Gasteiger partial charge in [0.05, 0.1) is 6.61 Å². The molecule has 0 unspecified atom stereocenters. The van der Waals surface area contributed by atoms with Gasteiger partial charge in [-0.25, -0.2) is 9.78 Å². The van der Waals surface area contributed by atoms with Crippen molar-refractivity contribution in [3.63, 3.8) is 0 Å². The molecule has 0 radical (unpaired) electrons. The summed E-state index contributed by atoms with van der Waals surface area (Å²) in [7, 11) is 0. The molecule has 6 nitrogen and oxygen atoms in total. The summed E-state index contributed by atoms with van der Waals surface area (Å²) in [5.41, 5.74) is 0.395. The molecular weight excluding hydrogens is 440 g/mol. The van der Waals surface area contributed by atoms with Crippen LogP contribution in [0.2, 0.25) is 0 Å². The summed E-state index contributed by atoms with van der Waals surface area (Å²) in [6, 6.07) is 15.0. The van der Waals surface area contributed by atoms with Crippen molar-refractivity contribution in [1.29, 1.82) is 0 Å². The zero-order valence-corrected chi connectivity index (χ0v) is 21.3. The van der Waals surface area contributed by atoms with E-state index in [0.717, 1.165) is 38.5 Å². The van der Waals surface area contributed by atoms with Crippen LogP contribution in [-0.4, -0.2) is 33.3 Å². The largest absolute Gasteiger partial charge is 0.491 e. The molecule has 35 heavy (non-hydrogen) atoms. The van der Waals surface area contributed by atoms with Gasteiger partial charge in [0.2, 0.25) is 5.75 Å². The van der Waals surface area contributed by atoms with Gasteiger partial charge in [-0.1, -0.05) is 68.7 Å². The molecule has 6 heteroatoms. The van der Waals surface area contributed by atoms with Crippen LogP contribution in [0.15, 0.2) is 42.5 Å². The first kappa shape index (κ1) is 25.0. The molecule has 4 rings (SSSR count). The maximum atomic E-state index is 13.0. The maximum absolute atomic E-state index is 13.0. The lowest BCUT2D eigenvalue weighted by Gasteiger charge is -2.30. The van der Waals surface area contributed by atoms with E-state index in [1.54, 1.807) is 20.8 Å². The number of aromatic hydroxyl groups is 1. The van der Waals surface area contributed by atoms with Gasteiger partial charge in [0.1, 0.15) is 11.4 Å². The lowest BCUT2D eigenvalue weighted by Crippen LogP contribution is -2.28. The smallest absolute Gasteiger partial charge is 0.361 e. The van der Waals surface area contributed by atoms with Gasteiger partial charge in [-0.2, -0.15) is 4.98 Å². The Hall–Kier alpha value is -3.15. The Morgan fingerprint density at radius 2 is 1.77 bits per heavy atom. The van der Waals surface area contributed by atoms with Crippen molar-refractivity contribution in [1.82, 2.24) is 9.97 Å². The number of hydrogen-bond acceptors (Lipinski definition) is 6. The normalized spacial score (nSPS) is 15.3. The van der Waals surface area contributed by atoms with Crippen molar-refractivity contribution in [2.24, 2.45) is 0 Å². The lowest BCUT2D eigenvalue weighted by atomic mass is 9.75. The molecule has 1 aromatic heterocycles. The predicted molar refractivity (Wildman–Crippen MR) is 137 cm³/mol. The number of ether oxygens (including phenoxy) is 2. The number of nitrogens with zero attached hydrogens (tertiary/aromatic N) is 2. The van der Waals surface area contributed by atoms with E-state index in [4.69, 9.17) is 9.47 Å². The van der Waals surface area contributed by atoms with Gasteiger partial charge >= 0.3 is 5.97 Å². The fraction of sp³-hybridized carbons (Fsp3) is 0.483. The highest BCUT2D eigenvalue weighted by molar-refractivity contribution is 5.91. The van der Waals surface area contributed by atoms with E-state index < -0.39 is 11.6 Å². The molecule has 0 aliphatic heterocycles. The van der Waals surface area contributed by atoms with E-state index >= 15 is 0 Å². The van der Waals surface area contributed by atoms with Crippen LogP contribution in [-0.2, 0) is 16.6 Å². The summed E-state index contributed by atoms with van der Waals surface area (Å²) in [4.78, 5) is 22.1. The van der Waals surface area contributed by atoms with E-state index in [1.807, 2.05) is 13.0 Å². The molecule has 0 bridgehead atoms. The Morgan fingerprint density at radius 3 is 2.46 bits per heavy atom. The van der Waals surface area contributed by atoms with Gasteiger partial charge < -0.3 is 14.6 Å². The van der Waals surface area contributed by atoms with Crippen molar-refractivity contribution >= 4 is 16.7 Å². The van der Waals surface area contributed by atoms with Gasteiger partial charge in [-0.05, 0) is 56.4 Å². The van der Waals surface area contributed by atoms with Crippen LogP contribution in [0.5, 0.6) is 11.6 Å². The molecule has 0 spiro atoms. The average molecular weight is 477 g/mol. The summed E-state index contributed by atoms with van der Waals surface area (Å²) >= 11 is 0. The summed E-state index contributed by atoms with van der Waals surface area (Å²) in [6.07, 6.45) is 6.50. The van der Waals surface area contributed by atoms with Crippen molar-refractivity contribution in [2.75, 3.05) is 6.61 Å². The highest BCUT2D eigenvalue weighted by atomic mass is 16.6. The predicted octanol–water partition coefficient (Wildman–Crippen LogP) is 6.52. The molecule has 3 aromatic rings. The minimum Gasteiger partial charge on any atom is -0.491 e. The van der Waals surface area contributed by atoms with E-state index in [0.29, 0.717) is 18.9 Å². The molecule has 2 aromatic carbocycles. The van der Waals surface area contributed by atoms with E-state index in [9.17, 15) is 9.90 Å². The number of hydrogen-bond donors (Lipinski definition) is 1. The fourth-order valence-corrected chi connectivity index (χ4v) is 4.92. The summed E-state index contributed by atoms with van der Waals surface area (Å²) < 4.78 is 11.3. The SMILES string of the molecule is CCCCOc1c(O)nc(CC2(c3ccc4ccccc4c3)CCCC2)nc1C(=O)OC(C)(C)C. The number of carbonyl (C=O) groups excluding carboxylic acids is 1. The van der Waals surface area contributed by atoms with E-state index in [2.05, 4.69) is 46.4 Å². The van der Waals surface area contributed by atoms with Crippen molar-refractivity contribution in [3.05, 3.63) is 59.5 Å². The first-order valence-corrected chi connectivity index (χ1v) is 12.7. The van der Waals surface area contributed by atoms with Gasteiger partial charge in [-0.15, -0.1) is 0 Å². The standard InChI is InChI=1S/C29H36N2O4/c1-5-6-17-34-25-24(27(33)35-28(2,3)4)30-23(31-26(25)32)19-29(15-9-10-16-29)22-14-13-20-11-7-8-12-21(20)18-22/h7-8,11-14,18H,5-6,9-10,15-17,19H2,1-4H3,(H,30,31,32). The fourth-order valence-electron chi connectivity index (χ4n) is 4.92. The molecule has 1 aliphatic rings. The number of unbranched alkanes of at least 4 members (excludes halogenated alkanes) is 1. The van der Waals surface area contributed by atoms with Gasteiger partial charge in [0.15, 0.2) is 5.69 Å². The summed E-state index contributed by atoms with van der Waals surface area (Å²) in [6.45, 7) is 7.82. The van der Waals surface area contributed by atoms with E-state index in [1.165, 1.54) is 16.3 Å². The number of esters is 1. The Bertz CT molecular complexity index is 1190. The summed E-state index contributed by atoms with van der Waals surface area (Å²) in [5.74, 6) is -0.489. The molecule has 0 saturated heterocycles. The van der Waals surface area contributed by atoms with Gasteiger partial charge in [0, 0.05) is 11.8 Å². The molecule has 1 fully saturated rings. The lowest BCUT2D eigenvalue weighted by molar-refractivity contribution is 0.00568. The molecule has 0 amide bonds. The van der Waals surface area contributed by atoms with Gasteiger partial charge in [0.25, 0.3) is 5.88 Å². The zero-order chi connectivity index (χ0) is 25.1. The minimum atomic E-state index is -0.698. The minimum absolute atomic E-state index is 0.00243. The van der Waals surface area contributed by atoms with Crippen molar-refractivity contribution < 1.29 is 19.4 Å².